The molecule has 1 aromatic rings. The van der Waals surface area contributed by atoms with Crippen LogP contribution in [0.5, 0.6) is 0 Å². The molecule has 0 saturated carbocycles. The van der Waals surface area contributed by atoms with E-state index in [1.54, 1.807) is 11.3 Å². The summed E-state index contributed by atoms with van der Waals surface area (Å²) in [6.45, 7) is 4.29. The van der Waals surface area contributed by atoms with Gasteiger partial charge in [-0.15, -0.1) is 11.3 Å². The largest absolute Gasteiger partial charge is 0.481 e. The summed E-state index contributed by atoms with van der Waals surface area (Å²) < 4.78 is 0. The molecule has 0 bridgehead atoms. The van der Waals surface area contributed by atoms with Crippen LogP contribution < -0.4 is 5.32 Å². The summed E-state index contributed by atoms with van der Waals surface area (Å²) in [4.78, 5) is 17.3. The summed E-state index contributed by atoms with van der Waals surface area (Å²) in [5.74, 6) is 1.69. The summed E-state index contributed by atoms with van der Waals surface area (Å²) in [5.41, 5.74) is 0.865. The van der Waals surface area contributed by atoms with Gasteiger partial charge in [0.15, 0.2) is 5.13 Å². The molecule has 2 heterocycles. The van der Waals surface area contributed by atoms with Crippen molar-refractivity contribution in [1.82, 2.24) is 9.88 Å². The van der Waals surface area contributed by atoms with E-state index in [0.29, 0.717) is 6.42 Å². The van der Waals surface area contributed by atoms with Gasteiger partial charge in [-0.25, -0.2) is 4.98 Å². The molecule has 2 N–H and O–H groups in total. The summed E-state index contributed by atoms with van der Waals surface area (Å²) in [5, 5.41) is 14.8. The Labute approximate surface area is 121 Å². The number of thioether (sulfide) groups is 1. The number of nitrogens with one attached hydrogen (secondary N) is 1. The van der Waals surface area contributed by atoms with Crippen LogP contribution in [0.15, 0.2) is 5.38 Å². The Morgan fingerprint density at radius 2 is 2.26 bits per heavy atom. The third-order valence-electron chi connectivity index (χ3n) is 2.95. The van der Waals surface area contributed by atoms with E-state index < -0.39 is 5.97 Å². The topological polar surface area (TPSA) is 65.5 Å². The number of thiazole rings is 1. The van der Waals surface area contributed by atoms with Crippen LogP contribution in [0.1, 0.15) is 12.1 Å². The lowest BCUT2D eigenvalue weighted by atomic mass is 10.2. The average Bonchev–Trinajstić information content (AvgIpc) is 2.86. The molecular formula is C12H19N3O2S2. The predicted molar refractivity (Wildman–Crippen MR) is 80.3 cm³/mol. The van der Waals surface area contributed by atoms with Gasteiger partial charge >= 0.3 is 5.97 Å². The molecule has 0 aromatic carbocycles. The molecule has 106 valence electrons. The number of carboxylic acid groups (broad SMARTS) is 1. The molecule has 1 fully saturated rings. The van der Waals surface area contributed by atoms with E-state index in [1.807, 2.05) is 17.1 Å². The summed E-state index contributed by atoms with van der Waals surface area (Å²) in [7, 11) is 0. The highest BCUT2D eigenvalue weighted by Gasteiger charge is 2.10. The van der Waals surface area contributed by atoms with Gasteiger partial charge in [0.1, 0.15) is 0 Å². The van der Waals surface area contributed by atoms with Crippen LogP contribution in [-0.2, 0) is 11.2 Å². The van der Waals surface area contributed by atoms with E-state index in [9.17, 15) is 4.79 Å². The van der Waals surface area contributed by atoms with E-state index in [-0.39, 0.29) is 6.42 Å². The highest BCUT2D eigenvalue weighted by Crippen LogP contribution is 2.16. The van der Waals surface area contributed by atoms with Crippen LogP contribution in [0.2, 0.25) is 0 Å². The summed E-state index contributed by atoms with van der Waals surface area (Å²) in [6.07, 6.45) is 0.658. The molecule has 0 amide bonds. The molecule has 7 heteroatoms. The molecule has 1 saturated heterocycles. The van der Waals surface area contributed by atoms with Gasteiger partial charge in [-0.3, -0.25) is 9.69 Å². The average molecular weight is 301 g/mol. The minimum Gasteiger partial charge on any atom is -0.481 e. The van der Waals surface area contributed by atoms with Crippen molar-refractivity contribution in [3.63, 3.8) is 0 Å². The molecule has 0 atom stereocenters. The molecule has 1 aliphatic rings. The second kappa shape index (κ2) is 7.72. The van der Waals surface area contributed by atoms with Crippen molar-refractivity contribution in [2.45, 2.75) is 12.8 Å². The molecule has 0 aliphatic carbocycles. The zero-order chi connectivity index (χ0) is 13.5. The first-order chi connectivity index (χ1) is 9.24. The second-order valence-corrected chi connectivity index (χ2v) is 6.50. The molecular weight excluding hydrogens is 282 g/mol. The van der Waals surface area contributed by atoms with Crippen LogP contribution in [0.3, 0.4) is 0 Å². The predicted octanol–water partition coefficient (Wildman–Crippen LogP) is 1.62. The molecule has 1 aromatic heterocycles. The lowest BCUT2D eigenvalue weighted by molar-refractivity contribution is -0.136. The number of aliphatic carboxylic acids is 1. The molecule has 1 aliphatic heterocycles. The van der Waals surface area contributed by atoms with Gasteiger partial charge in [0.05, 0.1) is 12.1 Å². The maximum atomic E-state index is 10.5. The third-order valence-corrected chi connectivity index (χ3v) is 4.75. The van der Waals surface area contributed by atoms with Crippen LogP contribution in [-0.4, -0.2) is 58.6 Å². The van der Waals surface area contributed by atoms with Crippen molar-refractivity contribution in [2.24, 2.45) is 0 Å². The summed E-state index contributed by atoms with van der Waals surface area (Å²) in [6, 6.07) is 0. The molecule has 5 nitrogen and oxygen atoms in total. The normalized spacial score (nSPS) is 16.4. The molecule has 0 spiro atoms. The van der Waals surface area contributed by atoms with Crippen LogP contribution in [0, 0.1) is 0 Å². The number of carbonyl (C=O) groups is 1. The summed E-state index contributed by atoms with van der Waals surface area (Å²) >= 11 is 3.57. The highest BCUT2D eigenvalue weighted by atomic mass is 32.2. The van der Waals surface area contributed by atoms with Gasteiger partial charge in [-0.1, -0.05) is 0 Å². The molecule has 19 heavy (non-hydrogen) atoms. The minimum absolute atomic E-state index is 0.147. The first kappa shape index (κ1) is 14.6. The van der Waals surface area contributed by atoms with Gasteiger partial charge < -0.3 is 10.4 Å². The van der Waals surface area contributed by atoms with Crippen LogP contribution in [0.4, 0.5) is 5.13 Å². The lowest BCUT2D eigenvalue weighted by Gasteiger charge is -2.25. The van der Waals surface area contributed by atoms with Crippen LogP contribution >= 0.6 is 23.1 Å². The highest BCUT2D eigenvalue weighted by molar-refractivity contribution is 7.99. The quantitative estimate of drug-likeness (QED) is 0.798. The molecule has 2 rings (SSSR count). The maximum absolute atomic E-state index is 10.5. The Bertz CT molecular complexity index is 405. The Kier molecular flexibility index (Phi) is 5.93. The van der Waals surface area contributed by atoms with Gasteiger partial charge in [-0.2, -0.15) is 11.8 Å². The number of anilines is 1. The number of aromatic nitrogens is 1. The van der Waals surface area contributed by atoms with Gasteiger partial charge in [0, 0.05) is 49.5 Å². The van der Waals surface area contributed by atoms with E-state index >= 15 is 0 Å². The standard InChI is InChI=1S/C12H19N3O2S2/c16-11(17)2-1-10-9-19-12(14-10)13-3-4-15-5-7-18-8-6-15/h9H,1-8H2,(H,13,14)(H,16,17). The van der Waals surface area contributed by atoms with Crippen molar-refractivity contribution in [2.75, 3.05) is 43.0 Å². The van der Waals surface area contributed by atoms with E-state index in [0.717, 1.165) is 23.9 Å². The fraction of sp³-hybridized carbons (Fsp3) is 0.667. The van der Waals surface area contributed by atoms with Gasteiger partial charge in [-0.05, 0) is 0 Å². The second-order valence-electron chi connectivity index (χ2n) is 4.42. The monoisotopic (exact) mass is 301 g/mol. The van der Waals surface area contributed by atoms with Crippen LogP contribution in [0.25, 0.3) is 0 Å². The lowest BCUT2D eigenvalue weighted by Crippen LogP contribution is -2.36. The van der Waals surface area contributed by atoms with Gasteiger partial charge in [0.25, 0.3) is 0 Å². The van der Waals surface area contributed by atoms with E-state index in [1.165, 1.54) is 24.6 Å². The van der Waals surface area contributed by atoms with Crippen molar-refractivity contribution in [3.8, 4) is 0 Å². The number of aryl methyl sites for hydroxylation is 1. The third kappa shape index (κ3) is 5.38. The molecule has 0 unspecified atom stereocenters. The number of nitrogens with zero attached hydrogens (tertiary/aromatic N) is 2. The smallest absolute Gasteiger partial charge is 0.303 e. The fourth-order valence-electron chi connectivity index (χ4n) is 1.88. The van der Waals surface area contributed by atoms with E-state index in [2.05, 4.69) is 15.2 Å². The van der Waals surface area contributed by atoms with E-state index in [4.69, 9.17) is 5.11 Å². The van der Waals surface area contributed by atoms with Crippen molar-refractivity contribution in [1.29, 1.82) is 0 Å². The zero-order valence-electron chi connectivity index (χ0n) is 10.8. The Morgan fingerprint density at radius 1 is 1.47 bits per heavy atom. The number of rotatable bonds is 7. The van der Waals surface area contributed by atoms with Crippen molar-refractivity contribution in [3.05, 3.63) is 11.1 Å². The van der Waals surface area contributed by atoms with Crippen molar-refractivity contribution < 1.29 is 9.90 Å². The first-order valence-corrected chi connectivity index (χ1v) is 8.47. The maximum Gasteiger partial charge on any atom is 0.303 e. The Balaban J connectivity index is 1.66. The number of hydrogen-bond donors (Lipinski definition) is 2. The fourth-order valence-corrected chi connectivity index (χ4v) is 3.64. The Morgan fingerprint density at radius 3 is 3.00 bits per heavy atom. The number of carboxylic acids is 1. The van der Waals surface area contributed by atoms with Gasteiger partial charge in [0.2, 0.25) is 0 Å². The van der Waals surface area contributed by atoms with Crippen molar-refractivity contribution >= 4 is 34.2 Å². The zero-order valence-corrected chi connectivity index (χ0v) is 12.4. The molecule has 0 radical (unpaired) electrons. The number of hydrogen-bond acceptors (Lipinski definition) is 6. The first-order valence-electron chi connectivity index (χ1n) is 6.44. The Hall–Kier alpha value is -0.790. The minimum atomic E-state index is -0.773. The SMILES string of the molecule is O=C(O)CCc1csc(NCCN2CCSCC2)n1.